The van der Waals surface area contributed by atoms with Gasteiger partial charge in [0.25, 0.3) is 0 Å². The van der Waals surface area contributed by atoms with Gasteiger partial charge < -0.3 is 5.73 Å². The van der Waals surface area contributed by atoms with Gasteiger partial charge in [-0.15, -0.1) is 0 Å². The fourth-order valence-corrected chi connectivity index (χ4v) is 2.13. The standard InChI is InChI=1S/C9H12Br2N4/c1-2-13-5-7(4-12)6-15-9(11)3-8(10)14-15/h3-5H,2,6,12H2,1H3. The van der Waals surface area contributed by atoms with E-state index in [1.54, 1.807) is 17.1 Å². The Morgan fingerprint density at radius 3 is 2.87 bits per heavy atom. The second-order valence-corrected chi connectivity index (χ2v) is 4.44. The van der Waals surface area contributed by atoms with Gasteiger partial charge in [-0.25, -0.2) is 0 Å². The Morgan fingerprint density at radius 2 is 2.40 bits per heavy atom. The Balaban J connectivity index is 2.76. The largest absolute Gasteiger partial charge is 0.404 e. The summed E-state index contributed by atoms with van der Waals surface area (Å²) < 4.78 is 3.49. The van der Waals surface area contributed by atoms with Crippen molar-refractivity contribution in [1.29, 1.82) is 0 Å². The molecule has 4 nitrogen and oxygen atoms in total. The molecule has 0 fully saturated rings. The predicted molar refractivity (Wildman–Crippen MR) is 68.9 cm³/mol. The highest BCUT2D eigenvalue weighted by Gasteiger charge is 2.04. The summed E-state index contributed by atoms with van der Waals surface area (Å²) in [5.74, 6) is 0. The maximum atomic E-state index is 5.50. The summed E-state index contributed by atoms with van der Waals surface area (Å²) >= 11 is 6.70. The van der Waals surface area contributed by atoms with Crippen molar-refractivity contribution >= 4 is 38.1 Å². The van der Waals surface area contributed by atoms with Gasteiger partial charge in [-0.05, 0) is 38.8 Å². The number of aromatic nitrogens is 2. The van der Waals surface area contributed by atoms with E-state index in [0.29, 0.717) is 6.54 Å². The van der Waals surface area contributed by atoms with Gasteiger partial charge in [0.1, 0.15) is 9.21 Å². The van der Waals surface area contributed by atoms with Crippen LogP contribution < -0.4 is 5.73 Å². The molecule has 82 valence electrons. The first kappa shape index (κ1) is 12.4. The van der Waals surface area contributed by atoms with Crippen LogP contribution in [0.15, 0.2) is 32.0 Å². The molecule has 0 aliphatic heterocycles. The number of aliphatic imine (C=N–C) groups is 1. The molecule has 0 spiro atoms. The molecule has 0 unspecified atom stereocenters. The zero-order chi connectivity index (χ0) is 11.3. The number of hydrogen-bond acceptors (Lipinski definition) is 3. The molecule has 0 amide bonds. The quantitative estimate of drug-likeness (QED) is 0.858. The number of nitrogens with two attached hydrogens (primary N) is 1. The summed E-state index contributed by atoms with van der Waals surface area (Å²) in [6.45, 7) is 3.33. The van der Waals surface area contributed by atoms with Gasteiger partial charge >= 0.3 is 0 Å². The highest BCUT2D eigenvalue weighted by Crippen LogP contribution is 2.17. The van der Waals surface area contributed by atoms with Crippen molar-refractivity contribution in [2.75, 3.05) is 6.54 Å². The molecule has 0 radical (unpaired) electrons. The van der Waals surface area contributed by atoms with Crippen LogP contribution in [0.1, 0.15) is 6.92 Å². The van der Waals surface area contributed by atoms with E-state index >= 15 is 0 Å². The monoisotopic (exact) mass is 334 g/mol. The molecule has 1 aromatic rings. The molecule has 0 saturated carbocycles. The average Bonchev–Trinajstić information content (AvgIpc) is 2.52. The molecule has 1 heterocycles. The van der Waals surface area contributed by atoms with Crippen LogP contribution in [-0.2, 0) is 6.54 Å². The topological polar surface area (TPSA) is 56.2 Å². The first-order valence-electron chi connectivity index (χ1n) is 4.46. The fourth-order valence-electron chi connectivity index (χ4n) is 0.994. The van der Waals surface area contributed by atoms with E-state index < -0.39 is 0 Å². The molecule has 0 aromatic carbocycles. The Bertz CT molecular complexity index is 381. The molecule has 0 aliphatic carbocycles. The van der Waals surface area contributed by atoms with Crippen LogP contribution in [-0.4, -0.2) is 22.5 Å². The Labute approximate surface area is 106 Å². The van der Waals surface area contributed by atoms with E-state index in [9.17, 15) is 0 Å². The van der Waals surface area contributed by atoms with Gasteiger partial charge in [0, 0.05) is 30.6 Å². The van der Waals surface area contributed by atoms with Crippen LogP contribution >= 0.6 is 31.9 Å². The molecule has 6 heteroatoms. The maximum Gasteiger partial charge on any atom is 0.129 e. The van der Waals surface area contributed by atoms with E-state index in [2.05, 4.69) is 42.0 Å². The lowest BCUT2D eigenvalue weighted by Crippen LogP contribution is -2.06. The van der Waals surface area contributed by atoms with Crippen molar-refractivity contribution in [1.82, 2.24) is 9.78 Å². The lowest BCUT2D eigenvalue weighted by molar-refractivity contribution is 0.671. The zero-order valence-corrected chi connectivity index (χ0v) is 11.5. The highest BCUT2D eigenvalue weighted by molar-refractivity contribution is 9.11. The first-order chi connectivity index (χ1) is 7.17. The van der Waals surface area contributed by atoms with E-state index in [1.165, 1.54) is 0 Å². The number of halogens is 2. The predicted octanol–water partition coefficient (Wildman–Crippen LogP) is 2.34. The smallest absolute Gasteiger partial charge is 0.129 e. The zero-order valence-electron chi connectivity index (χ0n) is 8.32. The molecule has 0 bridgehead atoms. The van der Waals surface area contributed by atoms with Crippen LogP contribution in [0.3, 0.4) is 0 Å². The van der Waals surface area contributed by atoms with Crippen molar-refractivity contribution < 1.29 is 0 Å². The van der Waals surface area contributed by atoms with E-state index in [0.717, 1.165) is 21.3 Å². The third kappa shape index (κ3) is 3.79. The molecule has 1 rings (SSSR count). The fraction of sp³-hybridized carbons (Fsp3) is 0.333. The van der Waals surface area contributed by atoms with Crippen molar-refractivity contribution in [2.45, 2.75) is 13.5 Å². The van der Waals surface area contributed by atoms with Gasteiger partial charge in [-0.1, -0.05) is 0 Å². The van der Waals surface area contributed by atoms with Crippen molar-refractivity contribution in [3.63, 3.8) is 0 Å². The number of allylic oxidation sites excluding steroid dienone is 1. The van der Waals surface area contributed by atoms with Crippen LogP contribution in [0, 0.1) is 0 Å². The minimum absolute atomic E-state index is 0.603. The Hall–Kier alpha value is -0.620. The minimum Gasteiger partial charge on any atom is -0.404 e. The van der Waals surface area contributed by atoms with Gasteiger partial charge in [-0.2, -0.15) is 5.10 Å². The van der Waals surface area contributed by atoms with E-state index in [4.69, 9.17) is 5.73 Å². The molecule has 1 aromatic heterocycles. The van der Waals surface area contributed by atoms with Crippen LogP contribution in [0.2, 0.25) is 0 Å². The SMILES string of the molecule is CCN=CC(=CN)Cn1nc(Br)cc1Br. The molecule has 0 atom stereocenters. The molecular formula is C9H12Br2N4. The third-order valence-electron chi connectivity index (χ3n) is 1.69. The summed E-state index contributed by atoms with van der Waals surface area (Å²) in [5.41, 5.74) is 6.42. The summed E-state index contributed by atoms with van der Waals surface area (Å²) in [6, 6.07) is 1.88. The molecule has 0 saturated heterocycles. The van der Waals surface area contributed by atoms with Crippen LogP contribution in [0.5, 0.6) is 0 Å². The summed E-state index contributed by atoms with van der Waals surface area (Å²) in [7, 11) is 0. The molecular weight excluding hydrogens is 324 g/mol. The first-order valence-corrected chi connectivity index (χ1v) is 6.05. The number of rotatable bonds is 4. The molecule has 0 aliphatic rings. The van der Waals surface area contributed by atoms with Crippen LogP contribution in [0.4, 0.5) is 0 Å². The van der Waals surface area contributed by atoms with Crippen molar-refractivity contribution in [3.05, 3.63) is 27.0 Å². The second kappa shape index (κ2) is 6.07. The highest BCUT2D eigenvalue weighted by atomic mass is 79.9. The summed E-state index contributed by atoms with van der Waals surface area (Å²) in [4.78, 5) is 4.13. The van der Waals surface area contributed by atoms with Crippen molar-refractivity contribution in [2.24, 2.45) is 10.7 Å². The lowest BCUT2D eigenvalue weighted by Gasteiger charge is -2.02. The van der Waals surface area contributed by atoms with E-state index in [-0.39, 0.29) is 0 Å². The number of nitrogens with zero attached hydrogens (tertiary/aromatic N) is 3. The molecule has 15 heavy (non-hydrogen) atoms. The van der Waals surface area contributed by atoms with Gasteiger partial charge in [-0.3, -0.25) is 9.67 Å². The van der Waals surface area contributed by atoms with Gasteiger partial charge in [0.2, 0.25) is 0 Å². The van der Waals surface area contributed by atoms with Gasteiger partial charge in [0.05, 0.1) is 6.54 Å². The summed E-state index contributed by atoms with van der Waals surface area (Å²) in [6.07, 6.45) is 3.31. The van der Waals surface area contributed by atoms with Crippen LogP contribution in [0.25, 0.3) is 0 Å². The number of hydrogen-bond donors (Lipinski definition) is 1. The van der Waals surface area contributed by atoms with Crippen molar-refractivity contribution in [3.8, 4) is 0 Å². The van der Waals surface area contributed by atoms with Gasteiger partial charge in [0.15, 0.2) is 0 Å². The average molecular weight is 336 g/mol. The summed E-state index contributed by atoms with van der Waals surface area (Å²) in [5, 5.41) is 4.23. The Morgan fingerprint density at radius 1 is 1.67 bits per heavy atom. The Kier molecular flexibility index (Phi) is 5.04. The normalized spacial score (nSPS) is 12.6. The minimum atomic E-state index is 0.603. The second-order valence-electron chi connectivity index (χ2n) is 2.82. The maximum absolute atomic E-state index is 5.50. The van der Waals surface area contributed by atoms with E-state index in [1.807, 2.05) is 13.0 Å². The third-order valence-corrected chi connectivity index (χ3v) is 2.71. The molecule has 2 N–H and O–H groups in total. The lowest BCUT2D eigenvalue weighted by atomic mass is 10.3.